The number of rotatable bonds is 6. The number of non-ortho nitro benzene ring substituents is 1. The highest BCUT2D eigenvalue weighted by Gasteiger charge is 2.15. The lowest BCUT2D eigenvalue weighted by molar-refractivity contribution is -0.383. The van der Waals surface area contributed by atoms with E-state index in [1.54, 1.807) is 24.5 Å². The fraction of sp³-hybridized carbons (Fsp3) is 0.438. The Hall–Kier alpha value is -2.17. The van der Waals surface area contributed by atoms with E-state index in [1.807, 2.05) is 6.07 Å². The van der Waals surface area contributed by atoms with E-state index in [4.69, 9.17) is 0 Å². The zero-order valence-electron chi connectivity index (χ0n) is 12.7. The van der Waals surface area contributed by atoms with Gasteiger partial charge in [-0.25, -0.2) is 0 Å². The van der Waals surface area contributed by atoms with Gasteiger partial charge in [0.15, 0.2) is 0 Å². The topological polar surface area (TPSA) is 68.1 Å². The van der Waals surface area contributed by atoms with E-state index in [1.165, 1.54) is 0 Å². The molecule has 112 valence electrons. The second kappa shape index (κ2) is 6.52. The zero-order valence-corrected chi connectivity index (χ0v) is 12.7. The van der Waals surface area contributed by atoms with Gasteiger partial charge in [0.05, 0.1) is 10.3 Å². The normalized spacial score (nSPS) is 12.6. The first-order valence-electron chi connectivity index (χ1n) is 7.26. The first-order chi connectivity index (χ1) is 9.99. The zero-order chi connectivity index (χ0) is 15.4. The number of nitro benzene ring substituents is 1. The van der Waals surface area contributed by atoms with Crippen molar-refractivity contribution in [3.8, 4) is 0 Å². The molecule has 1 unspecified atom stereocenters. The molecule has 1 N–H and O–H groups in total. The highest BCUT2D eigenvalue weighted by Crippen LogP contribution is 2.31. The second-order valence-corrected chi connectivity index (χ2v) is 5.83. The number of fused-ring (bicyclic) bond motifs is 1. The van der Waals surface area contributed by atoms with Crippen molar-refractivity contribution < 1.29 is 4.92 Å². The third-order valence-corrected chi connectivity index (χ3v) is 3.57. The molecule has 1 aromatic heterocycles. The molecule has 0 radical (unpaired) electrons. The molecule has 5 heteroatoms. The molecule has 0 aliphatic heterocycles. The van der Waals surface area contributed by atoms with Crippen LogP contribution < -0.4 is 5.32 Å². The van der Waals surface area contributed by atoms with E-state index in [-0.39, 0.29) is 10.6 Å². The van der Waals surface area contributed by atoms with Gasteiger partial charge in [0, 0.05) is 35.6 Å². The van der Waals surface area contributed by atoms with Gasteiger partial charge in [-0.05, 0) is 37.8 Å². The Bertz CT molecular complexity index is 640. The first-order valence-corrected chi connectivity index (χ1v) is 7.26. The van der Waals surface area contributed by atoms with E-state index in [9.17, 15) is 10.1 Å². The van der Waals surface area contributed by atoms with Crippen molar-refractivity contribution in [1.29, 1.82) is 0 Å². The summed E-state index contributed by atoms with van der Waals surface area (Å²) in [6.45, 7) is 6.55. The molecule has 1 heterocycles. The quantitative estimate of drug-likeness (QED) is 0.632. The minimum atomic E-state index is -0.365. The number of anilines is 1. The maximum absolute atomic E-state index is 11.1. The van der Waals surface area contributed by atoms with E-state index in [0.717, 1.165) is 23.9 Å². The van der Waals surface area contributed by atoms with Crippen LogP contribution >= 0.6 is 0 Å². The average molecular weight is 287 g/mol. The number of hydrogen-bond donors (Lipinski definition) is 1. The maximum Gasteiger partial charge on any atom is 0.278 e. The molecule has 0 aliphatic carbocycles. The summed E-state index contributed by atoms with van der Waals surface area (Å²) in [6.07, 6.45) is 5.44. The van der Waals surface area contributed by atoms with Gasteiger partial charge in [0.25, 0.3) is 5.69 Å². The Morgan fingerprint density at radius 1 is 1.19 bits per heavy atom. The summed E-state index contributed by atoms with van der Waals surface area (Å²) in [7, 11) is 0. The van der Waals surface area contributed by atoms with Crippen molar-refractivity contribution >= 4 is 22.1 Å². The SMILES string of the molecule is CC(C)CCC(C)Nc1ccc([N+](=O)[O-])c2cnccc12. The van der Waals surface area contributed by atoms with E-state index in [0.29, 0.717) is 17.3 Å². The van der Waals surface area contributed by atoms with Crippen molar-refractivity contribution in [1.82, 2.24) is 4.98 Å². The molecule has 21 heavy (non-hydrogen) atoms. The lowest BCUT2D eigenvalue weighted by atomic mass is 10.0. The summed E-state index contributed by atoms with van der Waals surface area (Å²) in [5.74, 6) is 0.673. The Kier molecular flexibility index (Phi) is 4.73. The molecule has 0 saturated carbocycles. The number of aromatic nitrogens is 1. The summed E-state index contributed by atoms with van der Waals surface area (Å²) in [6, 6.07) is 5.47. The predicted molar refractivity (Wildman–Crippen MR) is 85.6 cm³/mol. The van der Waals surface area contributed by atoms with Gasteiger partial charge in [-0.1, -0.05) is 13.8 Å². The van der Waals surface area contributed by atoms with Crippen LogP contribution in [0.15, 0.2) is 30.6 Å². The van der Waals surface area contributed by atoms with Gasteiger partial charge >= 0.3 is 0 Å². The number of nitrogens with one attached hydrogen (secondary N) is 1. The summed E-state index contributed by atoms with van der Waals surface area (Å²) in [5, 5.41) is 16.0. The minimum absolute atomic E-state index is 0.0958. The Morgan fingerprint density at radius 2 is 1.95 bits per heavy atom. The van der Waals surface area contributed by atoms with Crippen molar-refractivity contribution in [3.05, 3.63) is 40.7 Å². The van der Waals surface area contributed by atoms with Crippen molar-refractivity contribution in [2.45, 2.75) is 39.7 Å². The molecule has 0 fully saturated rings. The van der Waals surface area contributed by atoms with Crippen LogP contribution in [-0.2, 0) is 0 Å². The largest absolute Gasteiger partial charge is 0.382 e. The molecular formula is C16H21N3O2. The van der Waals surface area contributed by atoms with Crippen LogP contribution in [0.3, 0.4) is 0 Å². The van der Waals surface area contributed by atoms with Crippen LogP contribution in [0.4, 0.5) is 11.4 Å². The van der Waals surface area contributed by atoms with Gasteiger partial charge in [0.2, 0.25) is 0 Å². The molecule has 2 aromatic rings. The highest BCUT2D eigenvalue weighted by molar-refractivity contribution is 5.99. The number of pyridine rings is 1. The lowest BCUT2D eigenvalue weighted by Gasteiger charge is -2.17. The van der Waals surface area contributed by atoms with Crippen LogP contribution in [0.5, 0.6) is 0 Å². The Labute approximate surface area is 124 Å². The third-order valence-electron chi connectivity index (χ3n) is 3.57. The van der Waals surface area contributed by atoms with Crippen molar-refractivity contribution in [2.24, 2.45) is 5.92 Å². The molecule has 0 amide bonds. The van der Waals surface area contributed by atoms with E-state index >= 15 is 0 Å². The summed E-state index contributed by atoms with van der Waals surface area (Å²) < 4.78 is 0. The molecule has 1 aromatic carbocycles. The smallest absolute Gasteiger partial charge is 0.278 e. The summed E-state index contributed by atoms with van der Waals surface area (Å²) >= 11 is 0. The predicted octanol–water partition coefficient (Wildman–Crippen LogP) is 4.38. The lowest BCUT2D eigenvalue weighted by Crippen LogP contribution is -2.16. The van der Waals surface area contributed by atoms with Crippen LogP contribution in [0, 0.1) is 16.0 Å². The van der Waals surface area contributed by atoms with Crippen LogP contribution in [-0.4, -0.2) is 15.9 Å². The number of nitrogens with zero attached hydrogens (tertiary/aromatic N) is 2. The molecular weight excluding hydrogens is 266 g/mol. The molecule has 2 rings (SSSR count). The number of hydrogen-bond acceptors (Lipinski definition) is 4. The summed E-state index contributed by atoms with van der Waals surface area (Å²) in [5.41, 5.74) is 1.02. The molecule has 0 saturated heterocycles. The third kappa shape index (κ3) is 3.68. The van der Waals surface area contributed by atoms with Crippen LogP contribution in [0.1, 0.15) is 33.6 Å². The molecule has 1 atom stereocenters. The molecule has 5 nitrogen and oxygen atoms in total. The molecule has 0 bridgehead atoms. The van der Waals surface area contributed by atoms with Crippen molar-refractivity contribution in [2.75, 3.05) is 5.32 Å². The molecule has 0 aliphatic rings. The van der Waals surface area contributed by atoms with Gasteiger partial charge in [0.1, 0.15) is 0 Å². The van der Waals surface area contributed by atoms with E-state index < -0.39 is 0 Å². The minimum Gasteiger partial charge on any atom is -0.382 e. The Balaban J connectivity index is 2.29. The average Bonchev–Trinajstić information content (AvgIpc) is 2.45. The monoisotopic (exact) mass is 287 g/mol. The standard InChI is InChI=1S/C16H21N3O2/c1-11(2)4-5-12(3)18-15-6-7-16(19(20)21)14-10-17-9-8-13(14)15/h6-12,18H,4-5H2,1-3H3. The van der Waals surface area contributed by atoms with Gasteiger partial charge in [-0.2, -0.15) is 0 Å². The fourth-order valence-electron chi connectivity index (χ4n) is 2.38. The maximum atomic E-state index is 11.1. The van der Waals surface area contributed by atoms with Crippen LogP contribution in [0.25, 0.3) is 10.8 Å². The molecule has 0 spiro atoms. The number of benzene rings is 1. The second-order valence-electron chi connectivity index (χ2n) is 5.83. The van der Waals surface area contributed by atoms with Crippen LogP contribution in [0.2, 0.25) is 0 Å². The first kappa shape index (κ1) is 15.2. The summed E-state index contributed by atoms with van der Waals surface area (Å²) in [4.78, 5) is 14.7. The fourth-order valence-corrected chi connectivity index (χ4v) is 2.38. The van der Waals surface area contributed by atoms with Crippen molar-refractivity contribution in [3.63, 3.8) is 0 Å². The van der Waals surface area contributed by atoms with Gasteiger partial charge in [-0.15, -0.1) is 0 Å². The van der Waals surface area contributed by atoms with E-state index in [2.05, 4.69) is 31.1 Å². The highest BCUT2D eigenvalue weighted by atomic mass is 16.6. The number of nitro groups is 1. The van der Waals surface area contributed by atoms with Gasteiger partial charge in [-0.3, -0.25) is 15.1 Å². The Morgan fingerprint density at radius 3 is 2.62 bits per heavy atom. The van der Waals surface area contributed by atoms with Gasteiger partial charge < -0.3 is 5.32 Å².